The average Bonchev–Trinajstić information content (AvgIpc) is 2.75. The van der Waals surface area contributed by atoms with Crippen LogP contribution in [0.5, 0.6) is 0 Å². The zero-order valence-electron chi connectivity index (χ0n) is 21.4. The van der Waals surface area contributed by atoms with E-state index in [0.29, 0.717) is 26.1 Å². The van der Waals surface area contributed by atoms with E-state index >= 15 is 0 Å². The van der Waals surface area contributed by atoms with Crippen LogP contribution in [0.2, 0.25) is 0 Å². The molecule has 0 bridgehead atoms. The minimum atomic E-state index is -0.583. The van der Waals surface area contributed by atoms with E-state index in [2.05, 4.69) is 13.8 Å². The SMILES string of the molecule is CCCCCCCCCCOC(=O)CC[C@@H](C)C(C)(C)C(=O)OCCCCCCCC. The first-order valence-corrected chi connectivity index (χ1v) is 13.2. The van der Waals surface area contributed by atoms with E-state index in [1.54, 1.807) is 0 Å². The van der Waals surface area contributed by atoms with Crippen molar-refractivity contribution in [3.63, 3.8) is 0 Å². The zero-order valence-corrected chi connectivity index (χ0v) is 21.4. The molecule has 0 aliphatic rings. The van der Waals surface area contributed by atoms with Crippen LogP contribution >= 0.6 is 0 Å². The molecule has 0 saturated carbocycles. The van der Waals surface area contributed by atoms with Gasteiger partial charge >= 0.3 is 11.9 Å². The van der Waals surface area contributed by atoms with Crippen molar-refractivity contribution in [2.45, 2.75) is 137 Å². The van der Waals surface area contributed by atoms with E-state index in [0.717, 1.165) is 25.7 Å². The number of unbranched alkanes of at least 4 members (excludes halogenated alkanes) is 12. The Bertz CT molecular complexity index is 445. The van der Waals surface area contributed by atoms with Crippen LogP contribution in [0.3, 0.4) is 0 Å². The van der Waals surface area contributed by atoms with Crippen LogP contribution in [0.1, 0.15) is 137 Å². The average molecular weight is 441 g/mol. The first kappa shape index (κ1) is 29.9. The zero-order chi connectivity index (χ0) is 23.4. The normalized spacial score (nSPS) is 12.5. The Morgan fingerprint density at radius 2 is 1.10 bits per heavy atom. The summed E-state index contributed by atoms with van der Waals surface area (Å²) in [7, 11) is 0. The molecule has 0 fully saturated rings. The molecule has 31 heavy (non-hydrogen) atoms. The second kappa shape index (κ2) is 19.6. The van der Waals surface area contributed by atoms with Crippen molar-refractivity contribution >= 4 is 11.9 Å². The molecule has 0 unspecified atom stereocenters. The maximum atomic E-state index is 12.5. The molecule has 0 saturated heterocycles. The number of rotatable bonds is 21. The van der Waals surface area contributed by atoms with E-state index in [-0.39, 0.29) is 17.9 Å². The third-order valence-electron chi connectivity index (χ3n) is 6.53. The monoisotopic (exact) mass is 440 g/mol. The van der Waals surface area contributed by atoms with Gasteiger partial charge in [0.05, 0.1) is 18.6 Å². The minimum absolute atomic E-state index is 0.0697. The van der Waals surface area contributed by atoms with Gasteiger partial charge in [-0.2, -0.15) is 0 Å². The van der Waals surface area contributed by atoms with Gasteiger partial charge in [0.15, 0.2) is 0 Å². The van der Waals surface area contributed by atoms with Gasteiger partial charge in [-0.25, -0.2) is 0 Å². The van der Waals surface area contributed by atoms with Crippen molar-refractivity contribution in [1.29, 1.82) is 0 Å². The lowest BCUT2D eigenvalue weighted by Crippen LogP contribution is -2.34. The molecule has 0 N–H and O–H groups in total. The molecule has 184 valence electrons. The molecule has 0 rings (SSSR count). The van der Waals surface area contributed by atoms with E-state index in [1.807, 2.05) is 20.8 Å². The number of hydrogen-bond donors (Lipinski definition) is 0. The molecule has 0 spiro atoms. The van der Waals surface area contributed by atoms with Gasteiger partial charge in [-0.05, 0) is 39.0 Å². The number of hydrogen-bond acceptors (Lipinski definition) is 4. The summed E-state index contributed by atoms with van der Waals surface area (Å²) >= 11 is 0. The van der Waals surface area contributed by atoms with Crippen molar-refractivity contribution in [1.82, 2.24) is 0 Å². The van der Waals surface area contributed by atoms with Crippen LogP contribution in [-0.2, 0) is 19.1 Å². The van der Waals surface area contributed by atoms with Crippen LogP contribution in [0.4, 0.5) is 0 Å². The van der Waals surface area contributed by atoms with Crippen molar-refractivity contribution in [2.75, 3.05) is 13.2 Å². The highest BCUT2D eigenvalue weighted by atomic mass is 16.5. The molecule has 0 aromatic heterocycles. The Balaban J connectivity index is 3.84. The summed E-state index contributed by atoms with van der Waals surface area (Å²) in [5, 5.41) is 0. The Hall–Kier alpha value is -1.06. The maximum Gasteiger partial charge on any atom is 0.311 e. The molecule has 0 heterocycles. The Kier molecular flexibility index (Phi) is 18.9. The molecule has 0 aliphatic carbocycles. The lowest BCUT2D eigenvalue weighted by molar-refractivity contribution is -0.158. The summed E-state index contributed by atoms with van der Waals surface area (Å²) < 4.78 is 10.9. The summed E-state index contributed by atoms with van der Waals surface area (Å²) in [6.45, 7) is 11.3. The van der Waals surface area contributed by atoms with Gasteiger partial charge in [-0.3, -0.25) is 9.59 Å². The standard InChI is InChI=1S/C27H52O4/c1-6-8-10-12-14-15-17-18-22-30-25(28)21-20-24(3)27(4,5)26(29)31-23-19-16-13-11-9-7-2/h24H,6-23H2,1-5H3/t24-/m1/s1. The summed E-state index contributed by atoms with van der Waals surface area (Å²) in [5.41, 5.74) is -0.583. The Labute approximate surface area is 193 Å². The van der Waals surface area contributed by atoms with E-state index in [9.17, 15) is 9.59 Å². The predicted molar refractivity (Wildman–Crippen MR) is 130 cm³/mol. The van der Waals surface area contributed by atoms with E-state index in [4.69, 9.17) is 9.47 Å². The highest BCUT2D eigenvalue weighted by Crippen LogP contribution is 2.31. The Morgan fingerprint density at radius 1 is 0.677 bits per heavy atom. The second-order valence-electron chi connectivity index (χ2n) is 9.76. The van der Waals surface area contributed by atoms with Crippen LogP contribution in [0.15, 0.2) is 0 Å². The third-order valence-corrected chi connectivity index (χ3v) is 6.53. The number of esters is 2. The van der Waals surface area contributed by atoms with Crippen LogP contribution in [0.25, 0.3) is 0 Å². The highest BCUT2D eigenvalue weighted by molar-refractivity contribution is 5.76. The number of carbonyl (C=O) groups is 2. The van der Waals surface area contributed by atoms with Gasteiger partial charge in [-0.15, -0.1) is 0 Å². The molecule has 4 nitrogen and oxygen atoms in total. The first-order chi connectivity index (χ1) is 14.9. The summed E-state index contributed by atoms with van der Waals surface area (Å²) in [5.74, 6) is -0.230. The quantitative estimate of drug-likeness (QED) is 0.134. The molecule has 0 aromatic rings. The topological polar surface area (TPSA) is 52.6 Å². The summed E-state index contributed by atoms with van der Waals surface area (Å²) in [6.07, 6.45) is 18.0. The van der Waals surface area contributed by atoms with Crippen LogP contribution in [-0.4, -0.2) is 25.2 Å². The van der Waals surface area contributed by atoms with Gasteiger partial charge in [0, 0.05) is 6.42 Å². The number of carbonyl (C=O) groups excluding carboxylic acids is 2. The largest absolute Gasteiger partial charge is 0.466 e. The fraction of sp³-hybridized carbons (Fsp3) is 0.926. The third kappa shape index (κ3) is 16.3. The summed E-state index contributed by atoms with van der Waals surface area (Å²) in [4.78, 5) is 24.5. The lowest BCUT2D eigenvalue weighted by atomic mass is 9.77. The fourth-order valence-electron chi connectivity index (χ4n) is 3.62. The first-order valence-electron chi connectivity index (χ1n) is 13.2. The smallest absolute Gasteiger partial charge is 0.311 e. The molecule has 0 aliphatic heterocycles. The maximum absolute atomic E-state index is 12.5. The van der Waals surface area contributed by atoms with E-state index in [1.165, 1.54) is 64.2 Å². The molecule has 1 atom stereocenters. The fourth-order valence-corrected chi connectivity index (χ4v) is 3.62. The molecule has 0 amide bonds. The lowest BCUT2D eigenvalue weighted by Gasteiger charge is -2.29. The second-order valence-corrected chi connectivity index (χ2v) is 9.76. The van der Waals surface area contributed by atoms with E-state index < -0.39 is 5.41 Å². The molecular weight excluding hydrogens is 388 g/mol. The van der Waals surface area contributed by atoms with Crippen molar-refractivity contribution in [3.05, 3.63) is 0 Å². The predicted octanol–water partition coefficient (Wildman–Crippen LogP) is 8.02. The van der Waals surface area contributed by atoms with Crippen LogP contribution in [0, 0.1) is 11.3 Å². The van der Waals surface area contributed by atoms with Gasteiger partial charge in [0.1, 0.15) is 0 Å². The van der Waals surface area contributed by atoms with Crippen molar-refractivity contribution in [2.24, 2.45) is 11.3 Å². The molecule has 0 aromatic carbocycles. The summed E-state index contributed by atoms with van der Waals surface area (Å²) in [6, 6.07) is 0. The highest BCUT2D eigenvalue weighted by Gasteiger charge is 2.35. The molecule has 4 heteroatoms. The number of ether oxygens (including phenoxy) is 2. The molecular formula is C27H52O4. The van der Waals surface area contributed by atoms with Gasteiger partial charge in [0.25, 0.3) is 0 Å². The Morgan fingerprint density at radius 3 is 1.58 bits per heavy atom. The van der Waals surface area contributed by atoms with Crippen LogP contribution < -0.4 is 0 Å². The van der Waals surface area contributed by atoms with Gasteiger partial charge < -0.3 is 9.47 Å². The van der Waals surface area contributed by atoms with Crippen molar-refractivity contribution < 1.29 is 19.1 Å². The minimum Gasteiger partial charge on any atom is -0.466 e. The van der Waals surface area contributed by atoms with Crippen molar-refractivity contribution in [3.8, 4) is 0 Å². The molecule has 0 radical (unpaired) electrons. The van der Waals surface area contributed by atoms with Gasteiger partial charge in [0.2, 0.25) is 0 Å². The van der Waals surface area contributed by atoms with Gasteiger partial charge in [-0.1, -0.05) is 97.8 Å².